The van der Waals surface area contributed by atoms with Crippen LogP contribution in [0.5, 0.6) is 0 Å². The van der Waals surface area contributed by atoms with E-state index in [-0.39, 0.29) is 6.04 Å². The topological polar surface area (TPSA) is 24.5 Å². The molecule has 0 bridgehead atoms. The minimum atomic E-state index is -4.08. The molecule has 0 atom stereocenters. The Morgan fingerprint density at radius 2 is 1.79 bits per heavy atom. The van der Waals surface area contributed by atoms with Gasteiger partial charge in [0, 0.05) is 19.2 Å². The maximum Gasteiger partial charge on any atom is 0.401 e. The minimum Gasteiger partial charge on any atom is -0.378 e. The van der Waals surface area contributed by atoms with Crippen molar-refractivity contribution in [3.05, 3.63) is 0 Å². The van der Waals surface area contributed by atoms with Crippen LogP contribution >= 0.6 is 0 Å². The van der Waals surface area contributed by atoms with Crippen molar-refractivity contribution < 1.29 is 17.9 Å². The summed E-state index contributed by atoms with van der Waals surface area (Å²) >= 11 is 0. The monoisotopic (exact) mass is 280 g/mol. The molecule has 2 rings (SSSR count). The van der Waals surface area contributed by atoms with Crippen molar-refractivity contribution in [3.8, 4) is 0 Å². The molecule has 112 valence electrons. The summed E-state index contributed by atoms with van der Waals surface area (Å²) in [7, 11) is 0. The van der Waals surface area contributed by atoms with Crippen LogP contribution in [0.15, 0.2) is 0 Å². The van der Waals surface area contributed by atoms with E-state index in [4.69, 9.17) is 4.74 Å². The standard InChI is InChI=1S/C13H23F3N2O/c14-13(15,16)10-18(11-2-3-11)8-1-9-19-12-4-6-17-7-5-12/h11-12,17H,1-10H2. The minimum absolute atomic E-state index is 0.153. The van der Waals surface area contributed by atoms with E-state index in [1.165, 1.54) is 0 Å². The summed E-state index contributed by atoms with van der Waals surface area (Å²) in [6, 6.07) is 0.153. The van der Waals surface area contributed by atoms with E-state index in [0.717, 1.165) is 38.8 Å². The quantitative estimate of drug-likeness (QED) is 0.723. The smallest absolute Gasteiger partial charge is 0.378 e. The lowest BCUT2D eigenvalue weighted by Crippen LogP contribution is -2.37. The number of ether oxygens (including phenoxy) is 1. The lowest BCUT2D eigenvalue weighted by Gasteiger charge is -2.25. The molecule has 0 aromatic carbocycles. The Kier molecular flexibility index (Phi) is 5.47. The summed E-state index contributed by atoms with van der Waals surface area (Å²) in [5.74, 6) is 0. The zero-order valence-corrected chi connectivity index (χ0v) is 11.2. The van der Waals surface area contributed by atoms with Gasteiger partial charge in [-0.15, -0.1) is 0 Å². The number of nitrogens with one attached hydrogen (secondary N) is 1. The molecule has 1 saturated heterocycles. The molecule has 1 heterocycles. The van der Waals surface area contributed by atoms with Gasteiger partial charge in [-0.3, -0.25) is 4.90 Å². The predicted octanol–water partition coefficient (Wildman–Crippen LogP) is 2.17. The number of halogens is 3. The molecule has 1 saturated carbocycles. The Bertz CT molecular complexity index is 263. The number of hydrogen-bond acceptors (Lipinski definition) is 3. The highest BCUT2D eigenvalue weighted by Gasteiger charge is 2.37. The van der Waals surface area contributed by atoms with Crippen molar-refractivity contribution in [2.45, 2.75) is 50.4 Å². The lowest BCUT2D eigenvalue weighted by atomic mass is 10.1. The molecule has 1 N–H and O–H groups in total. The van der Waals surface area contributed by atoms with Crippen molar-refractivity contribution in [1.82, 2.24) is 10.2 Å². The molecule has 1 aliphatic carbocycles. The van der Waals surface area contributed by atoms with Gasteiger partial charge in [0.05, 0.1) is 12.6 Å². The second-order valence-electron chi connectivity index (χ2n) is 5.49. The number of piperidine rings is 1. The van der Waals surface area contributed by atoms with Gasteiger partial charge in [0.25, 0.3) is 0 Å². The van der Waals surface area contributed by atoms with Gasteiger partial charge in [-0.25, -0.2) is 0 Å². The Hall–Kier alpha value is -0.330. The van der Waals surface area contributed by atoms with Gasteiger partial charge >= 0.3 is 6.18 Å². The van der Waals surface area contributed by atoms with Crippen LogP contribution in [0.25, 0.3) is 0 Å². The van der Waals surface area contributed by atoms with E-state index in [1.54, 1.807) is 4.90 Å². The Morgan fingerprint density at radius 1 is 1.11 bits per heavy atom. The largest absolute Gasteiger partial charge is 0.401 e. The summed E-state index contributed by atoms with van der Waals surface area (Å²) in [5, 5.41) is 3.26. The molecule has 2 fully saturated rings. The summed E-state index contributed by atoms with van der Waals surface area (Å²) in [6.07, 6.45) is 0.730. The summed E-state index contributed by atoms with van der Waals surface area (Å²) in [4.78, 5) is 1.56. The average Bonchev–Trinajstić information content (AvgIpc) is 3.17. The molecular formula is C13H23F3N2O. The van der Waals surface area contributed by atoms with Gasteiger partial charge in [0.1, 0.15) is 0 Å². The highest BCUT2D eigenvalue weighted by molar-refractivity contribution is 4.85. The first-order valence-electron chi connectivity index (χ1n) is 7.18. The van der Waals surface area contributed by atoms with E-state index in [9.17, 15) is 13.2 Å². The number of hydrogen-bond donors (Lipinski definition) is 1. The van der Waals surface area contributed by atoms with Crippen LogP contribution in [0.2, 0.25) is 0 Å². The van der Waals surface area contributed by atoms with Crippen molar-refractivity contribution in [2.75, 3.05) is 32.8 Å². The molecule has 2 aliphatic rings. The zero-order valence-electron chi connectivity index (χ0n) is 11.2. The van der Waals surface area contributed by atoms with Crippen LogP contribution in [0.3, 0.4) is 0 Å². The van der Waals surface area contributed by atoms with Crippen LogP contribution in [-0.4, -0.2) is 56.0 Å². The van der Waals surface area contributed by atoms with Crippen LogP contribution in [0, 0.1) is 0 Å². The summed E-state index contributed by atoms with van der Waals surface area (Å²) in [5.41, 5.74) is 0. The van der Waals surface area contributed by atoms with E-state index in [2.05, 4.69) is 5.32 Å². The second-order valence-corrected chi connectivity index (χ2v) is 5.49. The van der Waals surface area contributed by atoms with Crippen LogP contribution in [0.4, 0.5) is 13.2 Å². The van der Waals surface area contributed by atoms with Gasteiger partial charge in [-0.2, -0.15) is 13.2 Å². The fourth-order valence-corrected chi connectivity index (χ4v) is 2.54. The third kappa shape index (κ3) is 6.10. The second kappa shape index (κ2) is 6.90. The number of nitrogens with zero attached hydrogens (tertiary/aromatic N) is 1. The first kappa shape index (κ1) is 15.1. The average molecular weight is 280 g/mol. The molecule has 0 radical (unpaired) electrons. The van der Waals surface area contributed by atoms with Gasteiger partial charge in [0.15, 0.2) is 0 Å². The molecular weight excluding hydrogens is 257 g/mol. The van der Waals surface area contributed by atoms with Crippen molar-refractivity contribution in [3.63, 3.8) is 0 Å². The molecule has 0 unspecified atom stereocenters. The normalized spacial score (nSPS) is 22.1. The Morgan fingerprint density at radius 3 is 2.37 bits per heavy atom. The van der Waals surface area contributed by atoms with E-state index in [1.807, 2.05) is 0 Å². The predicted molar refractivity (Wildman–Crippen MR) is 67.1 cm³/mol. The Labute approximate surface area is 112 Å². The van der Waals surface area contributed by atoms with Gasteiger partial charge < -0.3 is 10.1 Å². The fourth-order valence-electron chi connectivity index (χ4n) is 2.54. The van der Waals surface area contributed by atoms with Gasteiger partial charge in [-0.1, -0.05) is 0 Å². The zero-order chi connectivity index (χ0) is 13.7. The van der Waals surface area contributed by atoms with Gasteiger partial charge in [0.2, 0.25) is 0 Å². The maximum atomic E-state index is 12.4. The number of rotatable bonds is 7. The molecule has 0 spiro atoms. The summed E-state index contributed by atoms with van der Waals surface area (Å²) < 4.78 is 43.0. The first-order valence-corrected chi connectivity index (χ1v) is 7.18. The molecule has 6 heteroatoms. The highest BCUT2D eigenvalue weighted by Crippen LogP contribution is 2.30. The molecule has 0 amide bonds. The van der Waals surface area contributed by atoms with Crippen molar-refractivity contribution in [1.29, 1.82) is 0 Å². The van der Waals surface area contributed by atoms with E-state index in [0.29, 0.717) is 25.7 Å². The van der Waals surface area contributed by atoms with Crippen molar-refractivity contribution >= 4 is 0 Å². The molecule has 19 heavy (non-hydrogen) atoms. The van der Waals surface area contributed by atoms with Crippen LogP contribution < -0.4 is 5.32 Å². The van der Waals surface area contributed by atoms with E-state index < -0.39 is 12.7 Å². The molecule has 0 aromatic heterocycles. The lowest BCUT2D eigenvalue weighted by molar-refractivity contribution is -0.147. The Balaban J connectivity index is 1.59. The van der Waals surface area contributed by atoms with Crippen LogP contribution in [0.1, 0.15) is 32.1 Å². The van der Waals surface area contributed by atoms with Gasteiger partial charge in [-0.05, 0) is 45.2 Å². The van der Waals surface area contributed by atoms with Crippen LogP contribution in [-0.2, 0) is 4.74 Å². The number of alkyl halides is 3. The first-order chi connectivity index (χ1) is 9.04. The fraction of sp³-hybridized carbons (Fsp3) is 1.00. The molecule has 1 aliphatic heterocycles. The SMILES string of the molecule is FC(F)(F)CN(CCCOC1CCNCC1)C1CC1. The third-order valence-electron chi connectivity index (χ3n) is 3.68. The molecule has 0 aromatic rings. The third-order valence-corrected chi connectivity index (χ3v) is 3.68. The maximum absolute atomic E-state index is 12.4. The molecule has 3 nitrogen and oxygen atoms in total. The summed E-state index contributed by atoms with van der Waals surface area (Å²) in [6.45, 7) is 2.26. The van der Waals surface area contributed by atoms with Crippen molar-refractivity contribution in [2.24, 2.45) is 0 Å². The highest BCUT2D eigenvalue weighted by atomic mass is 19.4. The van der Waals surface area contributed by atoms with E-state index >= 15 is 0 Å².